The maximum atomic E-state index is 12.2. The molecule has 25 heavy (non-hydrogen) atoms. The van der Waals surface area contributed by atoms with E-state index in [2.05, 4.69) is 20.9 Å². The Labute approximate surface area is 144 Å². The van der Waals surface area contributed by atoms with E-state index < -0.39 is 11.9 Å². The largest absolute Gasteiger partial charge is 0.356 e. The van der Waals surface area contributed by atoms with Gasteiger partial charge < -0.3 is 16.0 Å². The fourth-order valence-electron chi connectivity index (χ4n) is 2.61. The number of nitrogens with zero attached hydrogens (tertiary/aromatic N) is 1. The second kappa shape index (κ2) is 7.57. The van der Waals surface area contributed by atoms with Gasteiger partial charge in [-0.2, -0.15) is 0 Å². The number of nitrogens with one attached hydrogen (secondary N) is 3. The highest BCUT2D eigenvalue weighted by atomic mass is 16.2. The van der Waals surface area contributed by atoms with Crippen molar-refractivity contribution in [1.29, 1.82) is 0 Å². The van der Waals surface area contributed by atoms with Gasteiger partial charge in [-0.3, -0.25) is 19.4 Å². The first-order valence-electron chi connectivity index (χ1n) is 8.00. The van der Waals surface area contributed by atoms with Gasteiger partial charge in [0.05, 0.1) is 17.7 Å². The van der Waals surface area contributed by atoms with E-state index in [0.29, 0.717) is 24.2 Å². The number of rotatable bonds is 5. The first kappa shape index (κ1) is 16.6. The van der Waals surface area contributed by atoms with Crippen LogP contribution in [0.2, 0.25) is 0 Å². The van der Waals surface area contributed by atoms with Gasteiger partial charge in [0.15, 0.2) is 0 Å². The number of para-hydroxylation sites is 1. The van der Waals surface area contributed by atoms with Crippen LogP contribution in [-0.4, -0.2) is 35.3 Å². The number of aromatic nitrogens is 1. The van der Waals surface area contributed by atoms with Crippen molar-refractivity contribution in [3.63, 3.8) is 0 Å². The minimum atomic E-state index is -0.902. The van der Waals surface area contributed by atoms with Gasteiger partial charge in [-0.25, -0.2) is 0 Å². The number of anilines is 1. The number of amides is 3. The summed E-state index contributed by atoms with van der Waals surface area (Å²) in [5, 5.41) is 8.05. The maximum absolute atomic E-state index is 12.2. The van der Waals surface area contributed by atoms with Gasteiger partial charge in [-0.05, 0) is 36.2 Å². The van der Waals surface area contributed by atoms with Gasteiger partial charge >= 0.3 is 0 Å². The van der Waals surface area contributed by atoms with E-state index in [1.165, 1.54) is 0 Å². The summed E-state index contributed by atoms with van der Waals surface area (Å²) < 4.78 is 0. The Hall–Kier alpha value is -3.22. The summed E-state index contributed by atoms with van der Waals surface area (Å²) in [7, 11) is 0. The molecule has 128 valence electrons. The summed E-state index contributed by atoms with van der Waals surface area (Å²) in [4.78, 5) is 40.5. The van der Waals surface area contributed by atoms with Gasteiger partial charge in [0.25, 0.3) is 5.91 Å². The summed E-state index contributed by atoms with van der Waals surface area (Å²) in [6, 6.07) is 9.59. The van der Waals surface area contributed by atoms with Crippen LogP contribution >= 0.6 is 0 Å². The standard InChI is InChI=1S/C18H18N4O3/c23-16(20-10-7-12-5-8-19-9-6-12)11-15-18(25)21-14-4-2-1-3-13(14)17(24)22-15/h1-6,8-9,15H,7,10-11H2,(H,20,23)(H,21,25)(H,22,24). The number of carbonyl (C=O) groups is 3. The number of carbonyl (C=O) groups excluding carboxylic acids is 3. The molecule has 2 heterocycles. The van der Waals surface area contributed by atoms with Crippen LogP contribution < -0.4 is 16.0 Å². The zero-order valence-electron chi connectivity index (χ0n) is 13.5. The predicted molar refractivity (Wildman–Crippen MR) is 91.9 cm³/mol. The molecule has 1 aliphatic heterocycles. The molecule has 7 heteroatoms. The average molecular weight is 338 g/mol. The van der Waals surface area contributed by atoms with Gasteiger partial charge in [-0.15, -0.1) is 0 Å². The van der Waals surface area contributed by atoms with Crippen LogP contribution in [0, 0.1) is 0 Å². The van der Waals surface area contributed by atoms with Crippen molar-refractivity contribution < 1.29 is 14.4 Å². The maximum Gasteiger partial charge on any atom is 0.254 e. The molecule has 1 unspecified atom stereocenters. The van der Waals surface area contributed by atoms with Crippen molar-refractivity contribution in [2.75, 3.05) is 11.9 Å². The number of benzene rings is 1. The molecule has 0 saturated heterocycles. The van der Waals surface area contributed by atoms with Crippen LogP contribution in [0.3, 0.4) is 0 Å². The molecule has 0 radical (unpaired) electrons. The number of pyridine rings is 1. The average Bonchev–Trinajstić information content (AvgIpc) is 2.73. The minimum Gasteiger partial charge on any atom is -0.356 e. The van der Waals surface area contributed by atoms with Crippen LogP contribution in [-0.2, 0) is 16.0 Å². The van der Waals surface area contributed by atoms with Crippen LogP contribution in [0.15, 0.2) is 48.8 Å². The van der Waals surface area contributed by atoms with Crippen molar-refractivity contribution in [3.8, 4) is 0 Å². The molecule has 0 spiro atoms. The van der Waals surface area contributed by atoms with E-state index in [4.69, 9.17) is 0 Å². The zero-order valence-corrected chi connectivity index (χ0v) is 13.5. The molecule has 2 aromatic rings. The molecule has 3 N–H and O–H groups in total. The molecule has 3 amide bonds. The Morgan fingerprint density at radius 3 is 2.68 bits per heavy atom. The Kier molecular flexibility index (Phi) is 5.03. The van der Waals surface area contributed by atoms with Crippen LogP contribution in [0.5, 0.6) is 0 Å². The Morgan fingerprint density at radius 2 is 1.88 bits per heavy atom. The normalized spacial score (nSPS) is 16.2. The summed E-state index contributed by atoms with van der Waals surface area (Å²) in [5.41, 5.74) is 1.90. The Balaban J connectivity index is 1.55. The molecular formula is C18H18N4O3. The van der Waals surface area contributed by atoms with Crippen molar-refractivity contribution in [2.24, 2.45) is 0 Å². The molecule has 0 bridgehead atoms. The van der Waals surface area contributed by atoms with Crippen molar-refractivity contribution in [3.05, 3.63) is 59.9 Å². The lowest BCUT2D eigenvalue weighted by Crippen LogP contribution is -2.44. The molecule has 7 nitrogen and oxygen atoms in total. The molecule has 1 aromatic carbocycles. The lowest BCUT2D eigenvalue weighted by molar-refractivity contribution is -0.125. The lowest BCUT2D eigenvalue weighted by atomic mass is 10.1. The molecule has 0 saturated carbocycles. The molecular weight excluding hydrogens is 320 g/mol. The van der Waals surface area contributed by atoms with E-state index in [0.717, 1.165) is 5.56 Å². The molecule has 1 aromatic heterocycles. The third-order valence-electron chi connectivity index (χ3n) is 3.93. The lowest BCUT2D eigenvalue weighted by Gasteiger charge is -2.14. The third kappa shape index (κ3) is 4.20. The summed E-state index contributed by atoms with van der Waals surface area (Å²) in [5.74, 6) is -1.06. The monoisotopic (exact) mass is 338 g/mol. The number of hydrogen-bond acceptors (Lipinski definition) is 4. The summed E-state index contributed by atoms with van der Waals surface area (Å²) >= 11 is 0. The Morgan fingerprint density at radius 1 is 1.12 bits per heavy atom. The van der Waals surface area contributed by atoms with Crippen LogP contribution in [0.25, 0.3) is 0 Å². The number of fused-ring (bicyclic) bond motifs is 1. The molecule has 1 aliphatic rings. The predicted octanol–water partition coefficient (Wildman–Crippen LogP) is 0.881. The highest BCUT2D eigenvalue weighted by molar-refractivity contribution is 6.10. The molecule has 1 atom stereocenters. The highest BCUT2D eigenvalue weighted by Crippen LogP contribution is 2.18. The van der Waals surface area contributed by atoms with Crippen molar-refractivity contribution in [2.45, 2.75) is 18.9 Å². The highest BCUT2D eigenvalue weighted by Gasteiger charge is 2.29. The van der Waals surface area contributed by atoms with E-state index in [9.17, 15) is 14.4 Å². The van der Waals surface area contributed by atoms with E-state index in [1.54, 1.807) is 36.7 Å². The van der Waals surface area contributed by atoms with Gasteiger partial charge in [0.1, 0.15) is 6.04 Å². The third-order valence-corrected chi connectivity index (χ3v) is 3.93. The Bertz CT molecular complexity index is 792. The van der Waals surface area contributed by atoms with Gasteiger partial charge in [-0.1, -0.05) is 12.1 Å². The van der Waals surface area contributed by atoms with Crippen molar-refractivity contribution in [1.82, 2.24) is 15.6 Å². The molecule has 0 aliphatic carbocycles. The molecule has 3 rings (SSSR count). The smallest absolute Gasteiger partial charge is 0.254 e. The minimum absolute atomic E-state index is 0.109. The molecule has 0 fully saturated rings. The van der Waals surface area contributed by atoms with E-state index >= 15 is 0 Å². The SMILES string of the molecule is O=C(CC1NC(=O)c2ccccc2NC1=O)NCCc1ccncc1. The van der Waals surface area contributed by atoms with Crippen LogP contribution in [0.1, 0.15) is 22.3 Å². The van der Waals surface area contributed by atoms with Gasteiger partial charge in [0, 0.05) is 18.9 Å². The summed E-state index contributed by atoms with van der Waals surface area (Å²) in [6.07, 6.45) is 3.95. The zero-order chi connectivity index (χ0) is 17.6. The van der Waals surface area contributed by atoms with Crippen LogP contribution in [0.4, 0.5) is 5.69 Å². The quantitative estimate of drug-likeness (QED) is 0.753. The second-order valence-electron chi connectivity index (χ2n) is 5.72. The van der Waals surface area contributed by atoms with Crippen molar-refractivity contribution >= 4 is 23.4 Å². The van der Waals surface area contributed by atoms with Gasteiger partial charge in [0.2, 0.25) is 11.8 Å². The first-order valence-corrected chi connectivity index (χ1v) is 8.00. The first-order chi connectivity index (χ1) is 12.1. The topological polar surface area (TPSA) is 100 Å². The van der Waals surface area contributed by atoms with E-state index in [-0.39, 0.29) is 18.2 Å². The van der Waals surface area contributed by atoms with E-state index in [1.807, 2.05) is 12.1 Å². The fraction of sp³-hybridized carbons (Fsp3) is 0.222. The summed E-state index contributed by atoms with van der Waals surface area (Å²) in [6.45, 7) is 0.450. The fourth-order valence-corrected chi connectivity index (χ4v) is 2.61. The second-order valence-corrected chi connectivity index (χ2v) is 5.72. The number of hydrogen-bond donors (Lipinski definition) is 3.